The van der Waals surface area contributed by atoms with Crippen molar-refractivity contribution in [1.29, 1.82) is 0 Å². The summed E-state index contributed by atoms with van der Waals surface area (Å²) in [4.78, 5) is 20.6. The normalized spacial score (nSPS) is 12.2. The van der Waals surface area contributed by atoms with Gasteiger partial charge < -0.3 is 10.3 Å². The smallest absolute Gasteiger partial charge is 0.225 e. The van der Waals surface area contributed by atoms with Crippen LogP contribution in [0.15, 0.2) is 48.5 Å². The van der Waals surface area contributed by atoms with Gasteiger partial charge in [0.25, 0.3) is 0 Å². The Kier molecular flexibility index (Phi) is 5.76. The standard InChI is InChI=1S/C20H23N3OS/c1-14-7-3-4-8-15(14)13-19(24)21-18(11-12-25-2)20-22-16-9-5-6-10-17(16)23-20/h3-10,18H,11-13H2,1-2H3,(H,21,24)(H,22,23)/t18-/m0/s1. The summed E-state index contributed by atoms with van der Waals surface area (Å²) in [6.45, 7) is 2.03. The molecule has 0 saturated heterocycles. The lowest BCUT2D eigenvalue weighted by molar-refractivity contribution is -0.121. The number of amides is 1. The van der Waals surface area contributed by atoms with Crippen LogP contribution in [0.4, 0.5) is 0 Å². The average Bonchev–Trinajstić information content (AvgIpc) is 3.04. The third kappa shape index (κ3) is 4.42. The van der Waals surface area contributed by atoms with E-state index in [2.05, 4.69) is 21.5 Å². The monoisotopic (exact) mass is 353 g/mol. The lowest BCUT2D eigenvalue weighted by Crippen LogP contribution is -2.31. The van der Waals surface area contributed by atoms with Crippen molar-refractivity contribution in [2.24, 2.45) is 0 Å². The van der Waals surface area contributed by atoms with E-state index in [1.807, 2.05) is 55.5 Å². The number of hydrogen-bond acceptors (Lipinski definition) is 3. The molecule has 0 unspecified atom stereocenters. The van der Waals surface area contributed by atoms with Crippen LogP contribution in [0.3, 0.4) is 0 Å². The molecule has 0 saturated carbocycles. The molecule has 2 N–H and O–H groups in total. The molecule has 3 aromatic rings. The minimum Gasteiger partial charge on any atom is -0.346 e. The summed E-state index contributed by atoms with van der Waals surface area (Å²) in [6, 6.07) is 15.9. The summed E-state index contributed by atoms with van der Waals surface area (Å²) in [5.41, 5.74) is 4.13. The molecule has 0 aliphatic rings. The van der Waals surface area contributed by atoms with Crippen LogP contribution < -0.4 is 5.32 Å². The minimum atomic E-state index is -0.101. The highest BCUT2D eigenvalue weighted by Gasteiger charge is 2.18. The van der Waals surface area contributed by atoms with Crippen molar-refractivity contribution in [3.05, 3.63) is 65.5 Å². The summed E-state index contributed by atoms with van der Waals surface area (Å²) < 4.78 is 0. The van der Waals surface area contributed by atoms with Crippen molar-refractivity contribution >= 4 is 28.7 Å². The van der Waals surface area contributed by atoms with E-state index >= 15 is 0 Å². The molecule has 1 heterocycles. The highest BCUT2D eigenvalue weighted by molar-refractivity contribution is 7.98. The molecule has 0 aliphatic heterocycles. The topological polar surface area (TPSA) is 57.8 Å². The number of thioether (sulfide) groups is 1. The summed E-state index contributed by atoms with van der Waals surface area (Å²) >= 11 is 1.77. The number of aromatic nitrogens is 2. The lowest BCUT2D eigenvalue weighted by Gasteiger charge is -2.17. The van der Waals surface area contributed by atoms with E-state index in [4.69, 9.17) is 0 Å². The number of fused-ring (bicyclic) bond motifs is 1. The largest absolute Gasteiger partial charge is 0.346 e. The van der Waals surface area contributed by atoms with Gasteiger partial charge in [-0.05, 0) is 48.6 Å². The first-order valence-electron chi connectivity index (χ1n) is 8.45. The number of nitrogens with zero attached hydrogens (tertiary/aromatic N) is 1. The molecule has 130 valence electrons. The first kappa shape index (κ1) is 17.5. The predicted octanol–water partition coefficient (Wildman–Crippen LogP) is 4.02. The average molecular weight is 353 g/mol. The number of carbonyl (C=O) groups excluding carboxylic acids is 1. The van der Waals surface area contributed by atoms with E-state index in [9.17, 15) is 4.79 Å². The number of H-pyrrole nitrogens is 1. The third-order valence-electron chi connectivity index (χ3n) is 4.30. The molecule has 4 nitrogen and oxygen atoms in total. The summed E-state index contributed by atoms with van der Waals surface area (Å²) in [6.07, 6.45) is 3.31. The predicted molar refractivity (Wildman–Crippen MR) is 105 cm³/mol. The van der Waals surface area contributed by atoms with Crippen molar-refractivity contribution in [2.75, 3.05) is 12.0 Å². The van der Waals surface area contributed by atoms with Crippen LogP contribution in [0, 0.1) is 6.92 Å². The van der Waals surface area contributed by atoms with Gasteiger partial charge in [-0.15, -0.1) is 0 Å². The zero-order valence-corrected chi connectivity index (χ0v) is 15.4. The Labute approximate surface area is 152 Å². The van der Waals surface area contributed by atoms with Crippen molar-refractivity contribution < 1.29 is 4.79 Å². The lowest BCUT2D eigenvalue weighted by atomic mass is 10.1. The van der Waals surface area contributed by atoms with E-state index in [1.54, 1.807) is 11.8 Å². The number of carbonyl (C=O) groups is 1. The van der Waals surface area contributed by atoms with Gasteiger partial charge in [-0.25, -0.2) is 4.98 Å². The second kappa shape index (κ2) is 8.21. The van der Waals surface area contributed by atoms with Crippen LogP contribution in [-0.2, 0) is 11.2 Å². The Hall–Kier alpha value is -2.27. The van der Waals surface area contributed by atoms with Crippen LogP contribution in [0.25, 0.3) is 11.0 Å². The maximum absolute atomic E-state index is 12.6. The van der Waals surface area contributed by atoms with E-state index < -0.39 is 0 Å². The summed E-state index contributed by atoms with van der Waals surface area (Å²) in [5, 5.41) is 3.16. The third-order valence-corrected chi connectivity index (χ3v) is 4.94. The van der Waals surface area contributed by atoms with Gasteiger partial charge >= 0.3 is 0 Å². The highest BCUT2D eigenvalue weighted by Crippen LogP contribution is 2.20. The van der Waals surface area contributed by atoms with Gasteiger partial charge in [-0.3, -0.25) is 4.79 Å². The number of para-hydroxylation sites is 2. The number of benzene rings is 2. The van der Waals surface area contributed by atoms with Crippen LogP contribution in [-0.4, -0.2) is 27.9 Å². The molecule has 3 rings (SSSR count). The highest BCUT2D eigenvalue weighted by atomic mass is 32.2. The van der Waals surface area contributed by atoms with Gasteiger partial charge in [0.05, 0.1) is 23.5 Å². The number of imidazole rings is 1. The molecule has 0 aliphatic carbocycles. The van der Waals surface area contributed by atoms with Crippen molar-refractivity contribution in [2.45, 2.75) is 25.8 Å². The van der Waals surface area contributed by atoms with Crippen LogP contribution >= 0.6 is 11.8 Å². The summed E-state index contributed by atoms with van der Waals surface area (Å²) in [7, 11) is 0. The van der Waals surface area contributed by atoms with Crippen LogP contribution in [0.1, 0.15) is 29.4 Å². The zero-order valence-electron chi connectivity index (χ0n) is 14.6. The summed E-state index contributed by atoms with van der Waals surface area (Å²) in [5.74, 6) is 1.82. The van der Waals surface area contributed by atoms with Gasteiger partial charge in [0.2, 0.25) is 5.91 Å². The van der Waals surface area contributed by atoms with Gasteiger partial charge in [0.15, 0.2) is 0 Å². The SMILES string of the molecule is CSCC[C@H](NC(=O)Cc1ccccc1C)c1nc2ccccc2[nH]1. The maximum atomic E-state index is 12.6. The molecule has 5 heteroatoms. The molecule has 2 aromatic carbocycles. The Morgan fingerprint density at radius 3 is 2.72 bits per heavy atom. The molecule has 25 heavy (non-hydrogen) atoms. The Bertz CT molecular complexity index is 826. The quantitative estimate of drug-likeness (QED) is 0.674. The van der Waals surface area contributed by atoms with Crippen LogP contribution in [0.5, 0.6) is 0 Å². The Morgan fingerprint density at radius 2 is 1.96 bits per heavy atom. The molecule has 0 spiro atoms. The fourth-order valence-corrected chi connectivity index (χ4v) is 3.35. The van der Waals surface area contributed by atoms with E-state index in [0.717, 1.165) is 40.2 Å². The second-order valence-corrected chi connectivity index (χ2v) is 7.13. The first-order chi connectivity index (χ1) is 12.2. The molecule has 1 aromatic heterocycles. The van der Waals surface area contributed by atoms with Crippen LogP contribution in [0.2, 0.25) is 0 Å². The number of nitrogens with one attached hydrogen (secondary N) is 2. The van der Waals surface area contributed by atoms with E-state index in [-0.39, 0.29) is 11.9 Å². The van der Waals surface area contributed by atoms with Gasteiger partial charge in [0, 0.05) is 0 Å². The molecule has 1 amide bonds. The molecular formula is C20H23N3OS. The molecule has 0 bridgehead atoms. The Balaban J connectivity index is 1.76. The molecule has 1 atom stereocenters. The minimum absolute atomic E-state index is 0.0286. The van der Waals surface area contributed by atoms with Gasteiger partial charge in [0.1, 0.15) is 5.82 Å². The number of aromatic amines is 1. The Morgan fingerprint density at radius 1 is 1.20 bits per heavy atom. The van der Waals surface area contributed by atoms with Gasteiger partial charge in [-0.2, -0.15) is 11.8 Å². The van der Waals surface area contributed by atoms with Gasteiger partial charge in [-0.1, -0.05) is 36.4 Å². The zero-order chi connectivity index (χ0) is 17.6. The van der Waals surface area contributed by atoms with E-state index in [0.29, 0.717) is 6.42 Å². The number of hydrogen-bond donors (Lipinski definition) is 2. The van der Waals surface area contributed by atoms with Crippen molar-refractivity contribution in [3.8, 4) is 0 Å². The fourth-order valence-electron chi connectivity index (χ4n) is 2.88. The maximum Gasteiger partial charge on any atom is 0.225 e. The molecular weight excluding hydrogens is 330 g/mol. The fraction of sp³-hybridized carbons (Fsp3) is 0.300. The van der Waals surface area contributed by atoms with E-state index in [1.165, 1.54) is 0 Å². The second-order valence-electron chi connectivity index (χ2n) is 6.14. The number of aryl methyl sites for hydroxylation is 1. The molecule has 0 radical (unpaired) electrons. The number of rotatable bonds is 7. The van der Waals surface area contributed by atoms with Crippen molar-refractivity contribution in [1.82, 2.24) is 15.3 Å². The first-order valence-corrected chi connectivity index (χ1v) is 9.84. The van der Waals surface area contributed by atoms with Crippen molar-refractivity contribution in [3.63, 3.8) is 0 Å². The molecule has 0 fully saturated rings.